The van der Waals surface area contributed by atoms with Crippen LogP contribution in [0, 0.1) is 0 Å². The number of carbonyl (C=O) groups excluding carboxylic acids is 2. The molecule has 1 atom stereocenters. The Bertz CT molecular complexity index is 1740. The molecule has 0 aliphatic carbocycles. The maximum absolute atomic E-state index is 14.6. The van der Waals surface area contributed by atoms with Crippen LogP contribution in [0.2, 0.25) is 15.1 Å². The smallest absolute Gasteiger partial charge is 0.264 e. The number of nitrogens with zero attached hydrogens (tertiary/aromatic N) is 2. The summed E-state index contributed by atoms with van der Waals surface area (Å²) in [6.07, 6.45) is 0.843. The van der Waals surface area contributed by atoms with Crippen molar-refractivity contribution in [3.63, 3.8) is 0 Å². The van der Waals surface area contributed by atoms with Crippen LogP contribution in [0.3, 0.4) is 0 Å². The van der Waals surface area contributed by atoms with Gasteiger partial charge < -0.3 is 15.0 Å². The molecule has 0 spiro atoms. The molecule has 0 saturated heterocycles. The third kappa shape index (κ3) is 9.41. The number of halogens is 3. The normalized spacial score (nSPS) is 11.9. The molecule has 0 saturated carbocycles. The van der Waals surface area contributed by atoms with Crippen LogP contribution in [0.25, 0.3) is 0 Å². The maximum atomic E-state index is 14.6. The summed E-state index contributed by atoms with van der Waals surface area (Å²) >= 11 is 19.2. The summed E-state index contributed by atoms with van der Waals surface area (Å²) in [5.41, 5.74) is 1.46. The first kappa shape index (κ1) is 36.1. The highest BCUT2D eigenvalue weighted by atomic mass is 35.5. The molecule has 12 heteroatoms. The van der Waals surface area contributed by atoms with E-state index in [-0.39, 0.29) is 29.5 Å². The molecule has 4 aromatic rings. The third-order valence-corrected chi connectivity index (χ3v) is 10.1. The first-order chi connectivity index (χ1) is 22.5. The molecule has 0 aliphatic heterocycles. The molecule has 0 aliphatic rings. The molecule has 4 rings (SSSR count). The van der Waals surface area contributed by atoms with Gasteiger partial charge in [0.25, 0.3) is 10.0 Å². The van der Waals surface area contributed by atoms with E-state index in [1.807, 2.05) is 44.2 Å². The van der Waals surface area contributed by atoms with E-state index in [0.717, 1.165) is 9.87 Å². The van der Waals surface area contributed by atoms with E-state index in [4.69, 9.17) is 39.5 Å². The minimum atomic E-state index is -4.30. The van der Waals surface area contributed by atoms with E-state index in [1.54, 1.807) is 42.5 Å². The van der Waals surface area contributed by atoms with E-state index in [1.165, 1.54) is 29.2 Å². The van der Waals surface area contributed by atoms with Crippen molar-refractivity contribution < 1.29 is 22.7 Å². The fourth-order valence-electron chi connectivity index (χ4n) is 4.91. The average Bonchev–Trinajstić information content (AvgIpc) is 3.06. The summed E-state index contributed by atoms with van der Waals surface area (Å²) in [7, 11) is -4.30. The van der Waals surface area contributed by atoms with Crippen molar-refractivity contribution in [1.29, 1.82) is 0 Å². The standard InChI is InChI=1S/C35H36Cl3N3O5S/c1-3-21-39-35(43)33(22-25-9-6-5-7-10-25)40(23-30-31(37)11-8-12-32(30)38)34(42)24-41(27-15-17-28(18-16-27)46-4-2)47(44,45)29-19-13-26(36)14-20-29/h5-20,33H,3-4,21-24H2,1-2H3,(H,39,43)/t33-/m0/s1. The van der Waals surface area contributed by atoms with Crippen molar-refractivity contribution in [3.8, 4) is 5.75 Å². The first-order valence-electron chi connectivity index (χ1n) is 15.1. The number of ether oxygens (including phenoxy) is 1. The Labute approximate surface area is 291 Å². The van der Waals surface area contributed by atoms with Crippen molar-refractivity contribution >= 4 is 62.3 Å². The number of hydrogen-bond donors (Lipinski definition) is 1. The topological polar surface area (TPSA) is 96.0 Å². The Balaban J connectivity index is 1.83. The number of anilines is 1. The van der Waals surface area contributed by atoms with Crippen molar-refractivity contribution in [3.05, 3.63) is 123 Å². The number of rotatable bonds is 15. The van der Waals surface area contributed by atoms with Gasteiger partial charge in [-0.3, -0.25) is 13.9 Å². The van der Waals surface area contributed by atoms with Gasteiger partial charge >= 0.3 is 0 Å². The number of hydrogen-bond acceptors (Lipinski definition) is 5. The molecule has 0 bridgehead atoms. The highest BCUT2D eigenvalue weighted by Crippen LogP contribution is 2.30. The quantitative estimate of drug-likeness (QED) is 0.138. The lowest BCUT2D eigenvalue weighted by Gasteiger charge is -2.34. The minimum Gasteiger partial charge on any atom is -0.494 e. The van der Waals surface area contributed by atoms with Crippen LogP contribution in [0.1, 0.15) is 31.4 Å². The van der Waals surface area contributed by atoms with Gasteiger partial charge in [0, 0.05) is 40.1 Å². The van der Waals surface area contributed by atoms with Gasteiger partial charge in [0.05, 0.1) is 17.2 Å². The lowest BCUT2D eigenvalue weighted by Crippen LogP contribution is -2.53. The fourth-order valence-corrected chi connectivity index (χ4v) is 6.97. The van der Waals surface area contributed by atoms with Crippen LogP contribution in [0.4, 0.5) is 5.69 Å². The van der Waals surface area contributed by atoms with Crippen LogP contribution in [0.15, 0.2) is 102 Å². The molecule has 0 heterocycles. The van der Waals surface area contributed by atoms with Crippen molar-refractivity contribution in [2.24, 2.45) is 0 Å². The second kappa shape index (κ2) is 16.9. The summed E-state index contributed by atoms with van der Waals surface area (Å²) in [5.74, 6) is -0.489. The number of sulfonamides is 1. The third-order valence-electron chi connectivity index (χ3n) is 7.33. The number of benzene rings is 4. The van der Waals surface area contributed by atoms with Crippen molar-refractivity contribution in [1.82, 2.24) is 10.2 Å². The second-order valence-electron chi connectivity index (χ2n) is 10.6. The molecule has 0 radical (unpaired) electrons. The van der Waals surface area contributed by atoms with Crippen LogP contribution < -0.4 is 14.4 Å². The number of amides is 2. The van der Waals surface area contributed by atoms with Gasteiger partial charge in [-0.25, -0.2) is 8.42 Å². The zero-order valence-electron chi connectivity index (χ0n) is 26.0. The maximum Gasteiger partial charge on any atom is 0.264 e. The van der Waals surface area contributed by atoms with Crippen LogP contribution >= 0.6 is 34.8 Å². The molecule has 2 amide bonds. The highest BCUT2D eigenvalue weighted by Gasteiger charge is 2.35. The van der Waals surface area contributed by atoms with Crippen LogP contribution in [-0.4, -0.2) is 50.9 Å². The van der Waals surface area contributed by atoms with Crippen molar-refractivity contribution in [2.75, 3.05) is 24.0 Å². The predicted octanol–water partition coefficient (Wildman–Crippen LogP) is 7.41. The predicted molar refractivity (Wildman–Crippen MR) is 188 cm³/mol. The van der Waals surface area contributed by atoms with E-state index in [0.29, 0.717) is 46.0 Å². The molecule has 4 aromatic carbocycles. The number of carbonyl (C=O) groups is 2. The molecule has 0 unspecified atom stereocenters. The molecule has 0 fully saturated rings. The fraction of sp³-hybridized carbons (Fsp3) is 0.257. The Morgan fingerprint density at radius 2 is 1.47 bits per heavy atom. The SMILES string of the molecule is CCCNC(=O)[C@H](Cc1ccccc1)N(Cc1c(Cl)cccc1Cl)C(=O)CN(c1ccc(OCC)cc1)S(=O)(=O)c1ccc(Cl)cc1. The first-order valence-corrected chi connectivity index (χ1v) is 17.7. The van der Waals surface area contributed by atoms with Crippen LogP contribution in [0.5, 0.6) is 5.75 Å². The van der Waals surface area contributed by atoms with Gasteiger partial charge in [-0.1, -0.05) is 78.1 Å². The molecular formula is C35H36Cl3N3O5S. The zero-order chi connectivity index (χ0) is 34.0. The summed E-state index contributed by atoms with van der Waals surface area (Å²) in [6, 6.07) is 25.3. The average molecular weight is 717 g/mol. The van der Waals surface area contributed by atoms with Gasteiger partial charge in [-0.05, 0) is 79.6 Å². The molecule has 248 valence electrons. The molecule has 8 nitrogen and oxygen atoms in total. The highest BCUT2D eigenvalue weighted by molar-refractivity contribution is 7.92. The second-order valence-corrected chi connectivity index (χ2v) is 13.7. The van der Waals surface area contributed by atoms with Gasteiger partial charge in [0.1, 0.15) is 18.3 Å². The largest absolute Gasteiger partial charge is 0.494 e. The lowest BCUT2D eigenvalue weighted by molar-refractivity contribution is -0.140. The van der Waals surface area contributed by atoms with E-state index < -0.39 is 28.5 Å². The summed E-state index contributed by atoms with van der Waals surface area (Å²) in [6.45, 7) is 3.80. The Kier molecular flexibility index (Phi) is 13.0. The van der Waals surface area contributed by atoms with E-state index >= 15 is 0 Å². The molecule has 1 N–H and O–H groups in total. The van der Waals surface area contributed by atoms with Crippen LogP contribution in [-0.2, 0) is 32.6 Å². The summed E-state index contributed by atoms with van der Waals surface area (Å²) < 4.78 is 34.9. The number of nitrogens with one attached hydrogen (secondary N) is 1. The molecule has 0 aromatic heterocycles. The zero-order valence-corrected chi connectivity index (χ0v) is 29.1. The molecule has 47 heavy (non-hydrogen) atoms. The minimum absolute atomic E-state index is 0.0641. The summed E-state index contributed by atoms with van der Waals surface area (Å²) in [4.78, 5) is 29.6. The van der Waals surface area contributed by atoms with Gasteiger partial charge in [-0.15, -0.1) is 0 Å². The lowest BCUT2D eigenvalue weighted by atomic mass is 10.0. The van der Waals surface area contributed by atoms with Crippen molar-refractivity contribution in [2.45, 2.75) is 44.2 Å². The monoisotopic (exact) mass is 715 g/mol. The Morgan fingerprint density at radius 3 is 2.06 bits per heavy atom. The van der Waals surface area contributed by atoms with Gasteiger partial charge in [0.2, 0.25) is 11.8 Å². The van der Waals surface area contributed by atoms with Gasteiger partial charge in [-0.2, -0.15) is 0 Å². The Morgan fingerprint density at radius 1 is 0.830 bits per heavy atom. The van der Waals surface area contributed by atoms with E-state index in [2.05, 4.69) is 5.32 Å². The summed E-state index contributed by atoms with van der Waals surface area (Å²) in [5, 5.41) is 3.88. The van der Waals surface area contributed by atoms with Gasteiger partial charge in [0.15, 0.2) is 0 Å². The van der Waals surface area contributed by atoms with E-state index in [9.17, 15) is 18.0 Å². The Hall–Kier alpha value is -3.76. The molecular weight excluding hydrogens is 681 g/mol.